The largest absolute Gasteiger partial charge is 0.493 e. The first-order valence-electron chi connectivity index (χ1n) is 6.79. The maximum absolute atomic E-state index is 13.3. The molecule has 0 spiro atoms. The topological polar surface area (TPSA) is 43.4 Å². The first-order valence-corrected chi connectivity index (χ1v) is 10.1. The van der Waals surface area contributed by atoms with Gasteiger partial charge in [0.25, 0.3) is 0 Å². The van der Waals surface area contributed by atoms with Crippen LogP contribution in [-0.2, 0) is 9.05 Å². The van der Waals surface area contributed by atoms with Gasteiger partial charge in [0.15, 0.2) is 0 Å². The zero-order valence-electron chi connectivity index (χ0n) is 11.4. The lowest BCUT2D eigenvalue weighted by atomic mass is 9.76. The predicted molar refractivity (Wildman–Crippen MR) is 84.8 cm³/mol. The summed E-state index contributed by atoms with van der Waals surface area (Å²) in [7, 11) is 1.84. The van der Waals surface area contributed by atoms with E-state index in [9.17, 15) is 12.8 Å². The molecule has 0 unspecified atom stereocenters. The van der Waals surface area contributed by atoms with Gasteiger partial charge in [0, 0.05) is 26.6 Å². The van der Waals surface area contributed by atoms with Crippen LogP contribution in [0, 0.1) is 11.2 Å². The van der Waals surface area contributed by atoms with Gasteiger partial charge >= 0.3 is 0 Å². The summed E-state index contributed by atoms with van der Waals surface area (Å²) in [6.07, 6.45) is 4.53. The van der Waals surface area contributed by atoms with Crippen LogP contribution in [0.5, 0.6) is 5.75 Å². The highest BCUT2D eigenvalue weighted by molar-refractivity contribution is 9.10. The number of ether oxygens (including phenoxy) is 1. The van der Waals surface area contributed by atoms with Crippen LogP contribution in [0.25, 0.3) is 0 Å². The number of rotatable bonds is 5. The van der Waals surface area contributed by atoms with Crippen LogP contribution in [-0.4, -0.2) is 20.8 Å². The molecule has 1 aliphatic carbocycles. The van der Waals surface area contributed by atoms with E-state index in [1.54, 1.807) is 6.07 Å². The zero-order chi connectivity index (χ0) is 15.5. The highest BCUT2D eigenvalue weighted by Gasteiger charge is 2.37. The summed E-state index contributed by atoms with van der Waals surface area (Å²) < 4.78 is 42.5. The molecule has 0 bridgehead atoms. The van der Waals surface area contributed by atoms with E-state index in [-0.39, 0.29) is 12.4 Å². The van der Waals surface area contributed by atoms with Gasteiger partial charge in [0.2, 0.25) is 9.05 Å². The Balaban J connectivity index is 2.11. The number of benzene rings is 1. The Bertz CT molecular complexity index is 580. The number of halogens is 3. The third-order valence-electron chi connectivity index (χ3n) is 3.77. The van der Waals surface area contributed by atoms with Gasteiger partial charge in [-0.1, -0.05) is 35.2 Å². The maximum Gasteiger partial charge on any atom is 0.233 e. The van der Waals surface area contributed by atoms with Crippen molar-refractivity contribution in [3.05, 3.63) is 28.5 Å². The smallest absolute Gasteiger partial charge is 0.233 e. The second kappa shape index (κ2) is 6.84. The van der Waals surface area contributed by atoms with Gasteiger partial charge in [-0.05, 0) is 25.0 Å². The number of hydrogen-bond donors (Lipinski definition) is 0. The summed E-state index contributed by atoms with van der Waals surface area (Å²) in [5.41, 5.74) is -0.475. The van der Waals surface area contributed by atoms with E-state index in [0.29, 0.717) is 10.2 Å². The summed E-state index contributed by atoms with van der Waals surface area (Å²) in [4.78, 5) is 0. The van der Waals surface area contributed by atoms with Crippen LogP contribution in [0.1, 0.15) is 32.1 Å². The molecule has 0 radical (unpaired) electrons. The van der Waals surface area contributed by atoms with Gasteiger partial charge in [0.05, 0.1) is 12.4 Å². The molecule has 2 rings (SSSR count). The molecular weight excluding hydrogens is 383 g/mol. The van der Waals surface area contributed by atoms with Crippen LogP contribution in [0.2, 0.25) is 0 Å². The quantitative estimate of drug-likeness (QED) is 0.685. The number of hydrogen-bond acceptors (Lipinski definition) is 3. The fourth-order valence-electron chi connectivity index (χ4n) is 2.85. The Morgan fingerprint density at radius 2 is 1.90 bits per heavy atom. The van der Waals surface area contributed by atoms with E-state index in [4.69, 9.17) is 15.4 Å². The molecule has 0 saturated heterocycles. The summed E-state index contributed by atoms with van der Waals surface area (Å²) in [6.45, 7) is 0.231. The van der Waals surface area contributed by atoms with Crippen molar-refractivity contribution >= 4 is 35.7 Å². The fraction of sp³-hybridized carbons (Fsp3) is 0.571. The molecule has 1 saturated carbocycles. The minimum Gasteiger partial charge on any atom is -0.493 e. The van der Waals surface area contributed by atoms with Crippen LogP contribution >= 0.6 is 26.6 Å². The molecule has 21 heavy (non-hydrogen) atoms. The average Bonchev–Trinajstić information content (AvgIpc) is 2.34. The summed E-state index contributed by atoms with van der Waals surface area (Å²) >= 11 is 3.20. The van der Waals surface area contributed by atoms with Crippen LogP contribution in [0.15, 0.2) is 22.7 Å². The van der Waals surface area contributed by atoms with E-state index in [0.717, 1.165) is 32.1 Å². The summed E-state index contributed by atoms with van der Waals surface area (Å²) in [5, 5.41) is 0. The zero-order valence-corrected chi connectivity index (χ0v) is 14.6. The van der Waals surface area contributed by atoms with Crippen molar-refractivity contribution in [2.24, 2.45) is 5.41 Å². The van der Waals surface area contributed by atoms with Crippen molar-refractivity contribution in [3.63, 3.8) is 0 Å². The third kappa shape index (κ3) is 5.42. The predicted octanol–water partition coefficient (Wildman–Crippen LogP) is 4.49. The lowest BCUT2D eigenvalue weighted by molar-refractivity contribution is 0.119. The maximum atomic E-state index is 13.3. The van der Waals surface area contributed by atoms with Crippen LogP contribution in [0.4, 0.5) is 4.39 Å². The lowest BCUT2D eigenvalue weighted by Crippen LogP contribution is -2.36. The van der Waals surface area contributed by atoms with Crippen molar-refractivity contribution in [3.8, 4) is 5.75 Å². The molecule has 118 valence electrons. The standard InChI is InChI=1S/C14H17BrClFO3S/c15-11-6-12(17)8-13(7-11)20-9-14(10-21(16,18)19)4-2-1-3-5-14/h6-8H,1-5,9-10H2. The summed E-state index contributed by atoms with van der Waals surface area (Å²) in [6, 6.07) is 4.29. The lowest BCUT2D eigenvalue weighted by Gasteiger charge is -2.35. The monoisotopic (exact) mass is 398 g/mol. The van der Waals surface area contributed by atoms with Crippen molar-refractivity contribution in [2.45, 2.75) is 32.1 Å². The molecule has 0 amide bonds. The van der Waals surface area contributed by atoms with Crippen LogP contribution in [0.3, 0.4) is 0 Å². The molecule has 7 heteroatoms. The molecule has 1 fully saturated rings. The Morgan fingerprint density at radius 1 is 1.24 bits per heavy atom. The van der Waals surface area contributed by atoms with Gasteiger partial charge in [0.1, 0.15) is 11.6 Å². The molecule has 0 heterocycles. The third-order valence-corrected chi connectivity index (χ3v) is 5.52. The Morgan fingerprint density at radius 3 is 2.48 bits per heavy atom. The van der Waals surface area contributed by atoms with E-state index in [1.165, 1.54) is 12.1 Å². The minimum absolute atomic E-state index is 0.0992. The van der Waals surface area contributed by atoms with Crippen molar-refractivity contribution < 1.29 is 17.5 Å². The van der Waals surface area contributed by atoms with Gasteiger partial charge < -0.3 is 4.74 Å². The van der Waals surface area contributed by atoms with Crippen molar-refractivity contribution in [2.75, 3.05) is 12.4 Å². The van der Waals surface area contributed by atoms with E-state index < -0.39 is 20.3 Å². The molecule has 0 aromatic heterocycles. The Hall–Kier alpha value is -0.330. The molecule has 0 atom stereocenters. The molecule has 3 nitrogen and oxygen atoms in total. The van der Waals surface area contributed by atoms with Crippen molar-refractivity contribution in [1.82, 2.24) is 0 Å². The Kier molecular flexibility index (Phi) is 5.54. The van der Waals surface area contributed by atoms with E-state index in [1.807, 2.05) is 0 Å². The van der Waals surface area contributed by atoms with Gasteiger partial charge in [-0.3, -0.25) is 0 Å². The van der Waals surface area contributed by atoms with Gasteiger partial charge in [-0.2, -0.15) is 0 Å². The second-order valence-electron chi connectivity index (χ2n) is 5.64. The highest BCUT2D eigenvalue weighted by Crippen LogP contribution is 2.39. The molecule has 1 aromatic rings. The van der Waals surface area contributed by atoms with Gasteiger partial charge in [-0.25, -0.2) is 12.8 Å². The first kappa shape index (κ1) is 17.0. The molecule has 1 aliphatic rings. The van der Waals surface area contributed by atoms with E-state index >= 15 is 0 Å². The average molecular weight is 400 g/mol. The molecule has 0 N–H and O–H groups in total. The van der Waals surface area contributed by atoms with Gasteiger partial charge in [-0.15, -0.1) is 0 Å². The van der Waals surface area contributed by atoms with Crippen LogP contribution < -0.4 is 4.74 Å². The molecule has 0 aliphatic heterocycles. The molecular formula is C14H17BrClFO3S. The summed E-state index contributed by atoms with van der Waals surface area (Å²) in [5.74, 6) is -0.112. The Labute approximate surface area is 137 Å². The highest BCUT2D eigenvalue weighted by atomic mass is 79.9. The second-order valence-corrected chi connectivity index (χ2v) is 9.33. The van der Waals surface area contributed by atoms with E-state index in [2.05, 4.69) is 15.9 Å². The fourth-order valence-corrected chi connectivity index (χ4v) is 5.09. The van der Waals surface area contributed by atoms with Crippen molar-refractivity contribution in [1.29, 1.82) is 0 Å². The first-order chi connectivity index (χ1) is 9.78. The molecule has 1 aromatic carbocycles. The normalized spacial score (nSPS) is 18.4. The SMILES string of the molecule is O=S(=O)(Cl)CC1(COc2cc(F)cc(Br)c2)CCCCC1. The minimum atomic E-state index is -3.59.